The van der Waals surface area contributed by atoms with Crippen molar-refractivity contribution in [3.63, 3.8) is 0 Å². The smallest absolute Gasteiger partial charge is 0.143 e. The summed E-state index contributed by atoms with van der Waals surface area (Å²) < 4.78 is 6.29. The molecule has 1 heterocycles. The van der Waals surface area contributed by atoms with Gasteiger partial charge in [-0.05, 0) is 41.0 Å². The van der Waals surface area contributed by atoms with Gasteiger partial charge in [0.05, 0.1) is 5.02 Å². The first-order valence-corrected chi connectivity index (χ1v) is 10.0. The van der Waals surface area contributed by atoms with E-state index >= 15 is 0 Å². The maximum Gasteiger partial charge on any atom is 0.143 e. The molecule has 0 unspecified atom stereocenters. The van der Waals surface area contributed by atoms with Gasteiger partial charge in [-0.3, -0.25) is 0 Å². The van der Waals surface area contributed by atoms with Gasteiger partial charge in [0.15, 0.2) is 0 Å². The van der Waals surface area contributed by atoms with E-state index in [2.05, 4.69) is 54.8 Å². The SMILES string of the molecule is CSc1c(Cl)cccc1-c1cccc2oc3c4ccccc4ccc3c12. The Morgan fingerprint density at radius 1 is 0.769 bits per heavy atom. The monoisotopic (exact) mass is 374 g/mol. The molecule has 5 aromatic rings. The first-order chi connectivity index (χ1) is 12.8. The van der Waals surface area contributed by atoms with Gasteiger partial charge in [0.2, 0.25) is 0 Å². The average molecular weight is 375 g/mol. The van der Waals surface area contributed by atoms with Crippen molar-refractivity contribution in [2.75, 3.05) is 6.26 Å². The third-order valence-electron chi connectivity index (χ3n) is 4.85. The summed E-state index contributed by atoms with van der Waals surface area (Å²) in [6.45, 7) is 0. The molecule has 0 aliphatic carbocycles. The molecule has 0 fully saturated rings. The molecule has 5 rings (SSSR count). The molecule has 0 saturated carbocycles. The van der Waals surface area contributed by atoms with Crippen LogP contribution in [0.2, 0.25) is 5.02 Å². The lowest BCUT2D eigenvalue weighted by Gasteiger charge is -2.10. The number of furan rings is 1. The van der Waals surface area contributed by atoms with E-state index in [0.29, 0.717) is 0 Å². The highest BCUT2D eigenvalue weighted by Gasteiger charge is 2.16. The highest BCUT2D eigenvalue weighted by molar-refractivity contribution is 7.98. The van der Waals surface area contributed by atoms with Crippen LogP contribution in [0.15, 0.2) is 82.1 Å². The standard InChI is InChI=1S/C23H15ClOS/c1-26-23-17(9-4-10-19(23)24)16-8-5-11-20-21(16)18-13-12-14-6-2-3-7-15(14)22(18)25-20/h2-13H,1H3. The molecule has 0 N–H and O–H groups in total. The predicted molar refractivity (Wildman–Crippen MR) is 113 cm³/mol. The summed E-state index contributed by atoms with van der Waals surface area (Å²) in [6.07, 6.45) is 2.06. The normalized spacial score (nSPS) is 11.6. The summed E-state index contributed by atoms with van der Waals surface area (Å²) in [4.78, 5) is 1.09. The van der Waals surface area contributed by atoms with Crippen molar-refractivity contribution in [2.45, 2.75) is 4.90 Å². The number of hydrogen-bond acceptors (Lipinski definition) is 2. The Kier molecular flexibility index (Phi) is 3.70. The van der Waals surface area contributed by atoms with Crippen LogP contribution in [-0.2, 0) is 0 Å². The van der Waals surface area contributed by atoms with Crippen LogP contribution in [0.25, 0.3) is 43.8 Å². The lowest BCUT2D eigenvalue weighted by atomic mass is 9.98. The fraction of sp³-hybridized carbons (Fsp3) is 0.0435. The fourth-order valence-corrected chi connectivity index (χ4v) is 4.77. The van der Waals surface area contributed by atoms with Crippen LogP contribution in [0.4, 0.5) is 0 Å². The zero-order valence-corrected chi connectivity index (χ0v) is 15.7. The summed E-state index contributed by atoms with van der Waals surface area (Å²) in [5.74, 6) is 0. The van der Waals surface area contributed by atoms with E-state index in [4.69, 9.17) is 16.0 Å². The Balaban J connectivity index is 1.94. The second kappa shape index (κ2) is 6.08. The van der Waals surface area contributed by atoms with Crippen molar-refractivity contribution < 1.29 is 4.42 Å². The summed E-state index contributed by atoms with van der Waals surface area (Å²) in [5.41, 5.74) is 4.15. The molecule has 0 aliphatic rings. The van der Waals surface area contributed by atoms with Crippen LogP contribution in [0.3, 0.4) is 0 Å². The van der Waals surface area contributed by atoms with Gasteiger partial charge in [0.1, 0.15) is 11.2 Å². The Morgan fingerprint density at radius 2 is 1.58 bits per heavy atom. The van der Waals surface area contributed by atoms with Crippen LogP contribution in [-0.4, -0.2) is 6.26 Å². The van der Waals surface area contributed by atoms with E-state index in [-0.39, 0.29) is 0 Å². The molecule has 4 aromatic carbocycles. The van der Waals surface area contributed by atoms with Gasteiger partial charge in [-0.1, -0.05) is 66.2 Å². The van der Waals surface area contributed by atoms with Gasteiger partial charge in [0.25, 0.3) is 0 Å². The van der Waals surface area contributed by atoms with Crippen molar-refractivity contribution in [1.29, 1.82) is 0 Å². The molecule has 0 spiro atoms. The highest BCUT2D eigenvalue weighted by Crippen LogP contribution is 2.43. The van der Waals surface area contributed by atoms with E-state index in [9.17, 15) is 0 Å². The van der Waals surface area contributed by atoms with E-state index in [1.54, 1.807) is 11.8 Å². The highest BCUT2D eigenvalue weighted by atomic mass is 35.5. The number of rotatable bonds is 2. The third-order valence-corrected chi connectivity index (χ3v) is 6.12. The number of fused-ring (bicyclic) bond motifs is 5. The van der Waals surface area contributed by atoms with E-state index in [0.717, 1.165) is 48.4 Å². The molecule has 0 amide bonds. The zero-order chi connectivity index (χ0) is 17.7. The van der Waals surface area contributed by atoms with Gasteiger partial charge >= 0.3 is 0 Å². The van der Waals surface area contributed by atoms with Crippen LogP contribution in [0.5, 0.6) is 0 Å². The number of hydrogen-bond donors (Lipinski definition) is 0. The quantitative estimate of drug-likeness (QED) is 0.292. The maximum atomic E-state index is 6.46. The van der Waals surface area contributed by atoms with Crippen molar-refractivity contribution in [3.8, 4) is 11.1 Å². The molecule has 26 heavy (non-hydrogen) atoms. The predicted octanol–water partition coefficient (Wildman–Crippen LogP) is 7.78. The molecule has 0 bridgehead atoms. The largest absolute Gasteiger partial charge is 0.455 e. The van der Waals surface area contributed by atoms with E-state index < -0.39 is 0 Å². The molecule has 0 aliphatic heterocycles. The Morgan fingerprint density at radius 3 is 2.46 bits per heavy atom. The molecule has 0 atom stereocenters. The second-order valence-electron chi connectivity index (χ2n) is 6.26. The maximum absolute atomic E-state index is 6.46. The molecule has 0 radical (unpaired) electrons. The lowest BCUT2D eigenvalue weighted by Crippen LogP contribution is -1.84. The Bertz CT molecular complexity index is 1290. The molecule has 3 heteroatoms. The van der Waals surface area contributed by atoms with Gasteiger partial charge in [-0.2, -0.15) is 0 Å². The third kappa shape index (κ3) is 2.26. The first kappa shape index (κ1) is 15.8. The number of halogens is 1. The second-order valence-corrected chi connectivity index (χ2v) is 7.49. The summed E-state index contributed by atoms with van der Waals surface area (Å²) in [5, 5.41) is 5.40. The topological polar surface area (TPSA) is 13.1 Å². The lowest BCUT2D eigenvalue weighted by molar-refractivity contribution is 0.673. The van der Waals surface area contributed by atoms with Gasteiger partial charge in [-0.15, -0.1) is 11.8 Å². The Labute approximate surface area is 160 Å². The minimum atomic E-state index is 0.783. The summed E-state index contributed by atoms with van der Waals surface area (Å²) in [7, 11) is 0. The molecule has 0 saturated heterocycles. The van der Waals surface area contributed by atoms with E-state index in [1.807, 2.05) is 24.3 Å². The van der Waals surface area contributed by atoms with Crippen molar-refractivity contribution in [3.05, 3.63) is 77.8 Å². The zero-order valence-electron chi connectivity index (χ0n) is 14.1. The van der Waals surface area contributed by atoms with Crippen LogP contribution in [0.1, 0.15) is 0 Å². The van der Waals surface area contributed by atoms with Crippen molar-refractivity contribution >= 4 is 56.1 Å². The molecular weight excluding hydrogens is 360 g/mol. The average Bonchev–Trinajstić information content (AvgIpc) is 3.07. The fourth-order valence-electron chi connectivity index (χ4n) is 3.71. The van der Waals surface area contributed by atoms with Crippen molar-refractivity contribution in [1.82, 2.24) is 0 Å². The van der Waals surface area contributed by atoms with Gasteiger partial charge in [-0.25, -0.2) is 0 Å². The van der Waals surface area contributed by atoms with Crippen molar-refractivity contribution in [2.24, 2.45) is 0 Å². The van der Waals surface area contributed by atoms with E-state index in [1.165, 1.54) is 5.39 Å². The summed E-state index contributed by atoms with van der Waals surface area (Å²) in [6, 6.07) is 25.0. The Hall–Kier alpha value is -2.42. The van der Waals surface area contributed by atoms with Gasteiger partial charge in [0, 0.05) is 21.1 Å². The molecule has 1 nitrogen and oxygen atoms in total. The van der Waals surface area contributed by atoms with Crippen LogP contribution >= 0.6 is 23.4 Å². The molecule has 1 aromatic heterocycles. The first-order valence-electron chi connectivity index (χ1n) is 8.44. The number of thioether (sulfide) groups is 1. The summed E-state index contributed by atoms with van der Waals surface area (Å²) >= 11 is 8.13. The molecular formula is C23H15ClOS. The van der Waals surface area contributed by atoms with Crippen LogP contribution in [0, 0.1) is 0 Å². The number of benzene rings is 4. The minimum absolute atomic E-state index is 0.783. The minimum Gasteiger partial charge on any atom is -0.455 e. The molecule has 126 valence electrons. The van der Waals surface area contributed by atoms with Crippen LogP contribution < -0.4 is 0 Å². The van der Waals surface area contributed by atoms with Gasteiger partial charge < -0.3 is 4.42 Å².